The van der Waals surface area contributed by atoms with Crippen molar-refractivity contribution in [3.63, 3.8) is 0 Å². The number of carbonyl (C=O) groups is 1. The number of rotatable bonds is 5. The highest BCUT2D eigenvalue weighted by atomic mass is 16.6. The second-order valence-corrected chi connectivity index (χ2v) is 2.70. The summed E-state index contributed by atoms with van der Waals surface area (Å²) in [6, 6.07) is 1.51. The van der Waals surface area contributed by atoms with Crippen LogP contribution in [-0.2, 0) is 18.4 Å². The summed E-state index contributed by atoms with van der Waals surface area (Å²) in [7, 11) is 1.69. The average Bonchev–Trinajstić information content (AvgIpc) is 2.49. The molecule has 0 bridgehead atoms. The van der Waals surface area contributed by atoms with E-state index in [1.165, 1.54) is 10.7 Å². The Morgan fingerprint density at radius 3 is 3.00 bits per heavy atom. The lowest BCUT2D eigenvalue weighted by Crippen LogP contribution is -2.15. The van der Waals surface area contributed by atoms with Crippen LogP contribution in [0.1, 0.15) is 23.1 Å². The number of hydrogen-bond acceptors (Lipinski definition) is 4. The van der Waals surface area contributed by atoms with Crippen LogP contribution >= 0.6 is 0 Å². The van der Waals surface area contributed by atoms with Crippen molar-refractivity contribution in [1.29, 1.82) is 0 Å². The van der Waals surface area contributed by atoms with E-state index in [0.717, 1.165) is 5.69 Å². The molecule has 1 rings (SSSR count). The summed E-state index contributed by atoms with van der Waals surface area (Å²) >= 11 is 0. The first-order valence-corrected chi connectivity index (χ1v) is 4.26. The average molecular weight is 199 g/mol. The van der Waals surface area contributed by atoms with E-state index in [4.69, 9.17) is 9.94 Å². The smallest absolute Gasteiger partial charge is 0.356 e. The number of nitrogens with zero attached hydrogens (tertiary/aromatic N) is 2. The molecule has 2 N–H and O–H groups in total. The van der Waals surface area contributed by atoms with Crippen LogP contribution in [0.25, 0.3) is 0 Å². The van der Waals surface area contributed by atoms with Gasteiger partial charge in [0.1, 0.15) is 0 Å². The van der Waals surface area contributed by atoms with E-state index in [0.29, 0.717) is 13.2 Å². The van der Waals surface area contributed by atoms with Gasteiger partial charge in [0.2, 0.25) is 0 Å². The topological polar surface area (TPSA) is 76.4 Å². The van der Waals surface area contributed by atoms with Gasteiger partial charge in [0.15, 0.2) is 5.69 Å². The molecule has 0 aromatic carbocycles. The van der Waals surface area contributed by atoms with Gasteiger partial charge in [0, 0.05) is 7.05 Å². The zero-order valence-corrected chi connectivity index (χ0v) is 8.15. The number of carboxylic acids is 1. The standard InChI is InChI=1S/C8H13N3O3/c1-3-14-9-5-6-4-7(8(12)13)10-11(6)2/h4,9H,3,5H2,1-2H3,(H,12,13). The Balaban J connectivity index is 2.63. The van der Waals surface area contributed by atoms with Gasteiger partial charge in [-0.15, -0.1) is 0 Å². The van der Waals surface area contributed by atoms with Crippen molar-refractivity contribution in [2.45, 2.75) is 13.5 Å². The number of aromatic nitrogens is 2. The van der Waals surface area contributed by atoms with Crippen LogP contribution in [-0.4, -0.2) is 27.5 Å². The number of nitrogens with one attached hydrogen (secondary N) is 1. The van der Waals surface area contributed by atoms with E-state index in [2.05, 4.69) is 10.6 Å². The predicted octanol–water partition coefficient (Wildman–Crippen LogP) is 0.159. The first-order valence-electron chi connectivity index (χ1n) is 4.26. The van der Waals surface area contributed by atoms with Crippen LogP contribution in [0.3, 0.4) is 0 Å². The summed E-state index contributed by atoms with van der Waals surface area (Å²) in [6.07, 6.45) is 0. The Morgan fingerprint density at radius 2 is 2.50 bits per heavy atom. The van der Waals surface area contributed by atoms with Crippen LogP contribution in [0, 0.1) is 0 Å². The van der Waals surface area contributed by atoms with Crippen molar-refractivity contribution < 1.29 is 14.7 Å². The molecule has 0 unspecified atom stereocenters. The van der Waals surface area contributed by atoms with Crippen molar-refractivity contribution in [3.05, 3.63) is 17.5 Å². The van der Waals surface area contributed by atoms with Crippen LogP contribution in [0.5, 0.6) is 0 Å². The van der Waals surface area contributed by atoms with Gasteiger partial charge >= 0.3 is 5.97 Å². The molecule has 0 radical (unpaired) electrons. The molecule has 0 aliphatic rings. The van der Waals surface area contributed by atoms with E-state index in [1.54, 1.807) is 7.05 Å². The summed E-state index contributed by atoms with van der Waals surface area (Å²) < 4.78 is 1.51. The summed E-state index contributed by atoms with van der Waals surface area (Å²) in [5, 5.41) is 12.5. The monoisotopic (exact) mass is 199 g/mol. The zero-order valence-electron chi connectivity index (χ0n) is 8.15. The predicted molar refractivity (Wildman–Crippen MR) is 48.6 cm³/mol. The minimum Gasteiger partial charge on any atom is -0.476 e. The van der Waals surface area contributed by atoms with Crippen LogP contribution in [0.15, 0.2) is 6.07 Å². The molecule has 1 aromatic heterocycles. The number of carboxylic acid groups (broad SMARTS) is 1. The molecule has 1 aromatic rings. The highest BCUT2D eigenvalue weighted by Gasteiger charge is 2.10. The molecule has 0 saturated heterocycles. The molecule has 14 heavy (non-hydrogen) atoms. The summed E-state index contributed by atoms with van der Waals surface area (Å²) in [5.41, 5.74) is 3.49. The first-order chi connectivity index (χ1) is 6.65. The molecular formula is C8H13N3O3. The van der Waals surface area contributed by atoms with Gasteiger partial charge in [0.25, 0.3) is 0 Å². The third-order valence-electron chi connectivity index (χ3n) is 1.70. The Labute approximate surface area is 81.4 Å². The molecule has 0 amide bonds. The molecule has 0 saturated carbocycles. The molecule has 78 valence electrons. The first kappa shape index (κ1) is 10.7. The SMILES string of the molecule is CCONCc1cc(C(=O)O)nn1C. The van der Waals surface area contributed by atoms with E-state index in [9.17, 15) is 4.79 Å². The quantitative estimate of drug-likeness (QED) is 0.521. The highest BCUT2D eigenvalue weighted by Crippen LogP contribution is 2.02. The molecule has 0 atom stereocenters. The highest BCUT2D eigenvalue weighted by molar-refractivity contribution is 5.85. The van der Waals surface area contributed by atoms with Gasteiger partial charge in [-0.3, -0.25) is 4.68 Å². The number of aryl methyl sites for hydroxylation is 1. The fourth-order valence-corrected chi connectivity index (χ4v) is 1.00. The Hall–Kier alpha value is -1.40. The van der Waals surface area contributed by atoms with Gasteiger partial charge in [0.05, 0.1) is 18.8 Å². The maximum Gasteiger partial charge on any atom is 0.356 e. The summed E-state index contributed by atoms with van der Waals surface area (Å²) in [6.45, 7) is 2.85. The molecular weight excluding hydrogens is 186 g/mol. The van der Waals surface area contributed by atoms with Gasteiger partial charge in [-0.1, -0.05) is 0 Å². The normalized spacial score (nSPS) is 10.4. The Morgan fingerprint density at radius 1 is 1.79 bits per heavy atom. The lowest BCUT2D eigenvalue weighted by molar-refractivity contribution is 0.0449. The van der Waals surface area contributed by atoms with E-state index >= 15 is 0 Å². The maximum atomic E-state index is 10.6. The van der Waals surface area contributed by atoms with Crippen LogP contribution in [0.2, 0.25) is 0 Å². The molecule has 1 heterocycles. The van der Waals surface area contributed by atoms with Crippen molar-refractivity contribution in [3.8, 4) is 0 Å². The second kappa shape index (κ2) is 4.73. The number of aromatic carboxylic acids is 1. The van der Waals surface area contributed by atoms with Gasteiger partial charge < -0.3 is 9.94 Å². The molecule has 0 fully saturated rings. The minimum absolute atomic E-state index is 0.0424. The van der Waals surface area contributed by atoms with E-state index < -0.39 is 5.97 Å². The minimum atomic E-state index is -1.02. The van der Waals surface area contributed by atoms with Crippen molar-refractivity contribution in [1.82, 2.24) is 15.3 Å². The van der Waals surface area contributed by atoms with Crippen LogP contribution in [0.4, 0.5) is 0 Å². The van der Waals surface area contributed by atoms with Gasteiger partial charge in [-0.2, -0.15) is 10.6 Å². The number of hydrogen-bond donors (Lipinski definition) is 2. The second-order valence-electron chi connectivity index (χ2n) is 2.70. The number of hydroxylamine groups is 1. The van der Waals surface area contributed by atoms with Gasteiger partial charge in [-0.25, -0.2) is 4.79 Å². The molecule has 0 aliphatic heterocycles. The maximum absolute atomic E-state index is 10.6. The lowest BCUT2D eigenvalue weighted by atomic mass is 10.3. The molecule has 6 heteroatoms. The van der Waals surface area contributed by atoms with E-state index in [-0.39, 0.29) is 5.69 Å². The van der Waals surface area contributed by atoms with Gasteiger partial charge in [-0.05, 0) is 13.0 Å². The van der Waals surface area contributed by atoms with E-state index in [1.807, 2.05) is 6.92 Å². The summed E-state index contributed by atoms with van der Waals surface area (Å²) in [5.74, 6) is -1.02. The molecule has 0 aliphatic carbocycles. The third-order valence-corrected chi connectivity index (χ3v) is 1.70. The van der Waals surface area contributed by atoms with Crippen LogP contribution < -0.4 is 5.48 Å². The fourth-order valence-electron chi connectivity index (χ4n) is 1.00. The zero-order chi connectivity index (χ0) is 10.6. The molecule has 0 spiro atoms. The Kier molecular flexibility index (Phi) is 3.61. The third kappa shape index (κ3) is 2.54. The van der Waals surface area contributed by atoms with Crippen molar-refractivity contribution in [2.24, 2.45) is 7.05 Å². The fraction of sp³-hybridized carbons (Fsp3) is 0.500. The summed E-state index contributed by atoms with van der Waals surface area (Å²) in [4.78, 5) is 15.5. The molecule has 6 nitrogen and oxygen atoms in total. The largest absolute Gasteiger partial charge is 0.476 e. The van der Waals surface area contributed by atoms with Crippen molar-refractivity contribution in [2.75, 3.05) is 6.61 Å². The lowest BCUT2D eigenvalue weighted by Gasteiger charge is -2.02. The van der Waals surface area contributed by atoms with Crippen molar-refractivity contribution >= 4 is 5.97 Å². The Bertz CT molecular complexity index is 322.